The second kappa shape index (κ2) is 6.36. The van der Waals surface area contributed by atoms with E-state index in [1.807, 2.05) is 12.1 Å². The molecule has 0 spiro atoms. The zero-order valence-electron chi connectivity index (χ0n) is 13.6. The minimum atomic E-state index is -0.292. The Balaban J connectivity index is 2.05. The molecule has 3 aromatic rings. The number of aliphatic hydroxyl groups excluding tert-OH is 1. The highest BCUT2D eigenvalue weighted by Crippen LogP contribution is 2.48. The van der Waals surface area contributed by atoms with Crippen LogP contribution in [-0.4, -0.2) is 12.2 Å². The number of aliphatic hydroxyl groups is 1. The molecule has 1 aliphatic rings. The van der Waals surface area contributed by atoms with Crippen LogP contribution < -0.4 is 4.74 Å². The van der Waals surface area contributed by atoms with Gasteiger partial charge in [0, 0.05) is 21.2 Å². The Labute approximate surface area is 154 Å². The third kappa shape index (κ3) is 2.70. The van der Waals surface area contributed by atoms with Crippen LogP contribution in [-0.2, 0) is 0 Å². The molecule has 1 aliphatic carbocycles. The van der Waals surface area contributed by atoms with Crippen molar-refractivity contribution in [2.75, 3.05) is 7.11 Å². The molecule has 0 bridgehead atoms. The fourth-order valence-electron chi connectivity index (χ4n) is 3.12. The van der Waals surface area contributed by atoms with Gasteiger partial charge < -0.3 is 9.84 Å². The number of hydrogen-bond acceptors (Lipinski definition) is 3. The molecule has 1 heterocycles. The van der Waals surface area contributed by atoms with Crippen LogP contribution in [0.15, 0.2) is 42.0 Å². The molecule has 0 atom stereocenters. The van der Waals surface area contributed by atoms with E-state index in [0.29, 0.717) is 16.5 Å². The Morgan fingerprint density at radius 1 is 1.24 bits per heavy atom. The van der Waals surface area contributed by atoms with Gasteiger partial charge in [0.2, 0.25) is 0 Å². The lowest BCUT2D eigenvalue weighted by molar-refractivity contribution is 0.415. The minimum Gasteiger partial charge on any atom is -0.506 e. The molecular formula is C20H16ClFO2S. The van der Waals surface area contributed by atoms with Gasteiger partial charge in [-0.15, -0.1) is 11.3 Å². The largest absolute Gasteiger partial charge is 0.506 e. The Bertz CT molecular complexity index is 1000. The Hall–Kier alpha value is -2.04. The molecule has 0 saturated heterocycles. The lowest BCUT2D eigenvalue weighted by atomic mass is 9.89. The first-order chi connectivity index (χ1) is 12.1. The van der Waals surface area contributed by atoms with Crippen LogP contribution in [0, 0.1) is 5.82 Å². The topological polar surface area (TPSA) is 29.5 Å². The van der Waals surface area contributed by atoms with Crippen LogP contribution in [0.3, 0.4) is 0 Å². The van der Waals surface area contributed by atoms with Crippen molar-refractivity contribution in [1.82, 2.24) is 0 Å². The van der Waals surface area contributed by atoms with E-state index in [0.717, 1.165) is 50.9 Å². The van der Waals surface area contributed by atoms with Crippen LogP contribution in [0.1, 0.15) is 24.1 Å². The van der Waals surface area contributed by atoms with Gasteiger partial charge in [0.05, 0.1) is 17.0 Å². The Morgan fingerprint density at radius 3 is 2.72 bits per heavy atom. The molecule has 1 saturated carbocycles. The van der Waals surface area contributed by atoms with Crippen molar-refractivity contribution in [3.05, 3.63) is 57.7 Å². The summed E-state index contributed by atoms with van der Waals surface area (Å²) >= 11 is 7.94. The van der Waals surface area contributed by atoms with Crippen LogP contribution in [0.5, 0.6) is 5.75 Å². The molecule has 4 rings (SSSR count). The molecule has 2 aromatic carbocycles. The van der Waals surface area contributed by atoms with Gasteiger partial charge in [0.1, 0.15) is 17.3 Å². The fourth-order valence-corrected chi connectivity index (χ4v) is 4.65. The average Bonchev–Trinajstić information content (AvgIpc) is 2.91. The molecule has 1 fully saturated rings. The molecular weight excluding hydrogens is 359 g/mol. The third-order valence-electron chi connectivity index (χ3n) is 4.61. The van der Waals surface area contributed by atoms with Crippen molar-refractivity contribution in [2.24, 2.45) is 0 Å². The monoisotopic (exact) mass is 374 g/mol. The number of benzene rings is 2. The van der Waals surface area contributed by atoms with E-state index >= 15 is 0 Å². The number of ether oxygens (including phenoxy) is 1. The minimum absolute atomic E-state index is 0.292. The molecule has 0 unspecified atom stereocenters. The lowest BCUT2D eigenvalue weighted by Gasteiger charge is -2.19. The van der Waals surface area contributed by atoms with Gasteiger partial charge in [-0.1, -0.05) is 23.7 Å². The van der Waals surface area contributed by atoms with Gasteiger partial charge in [0.15, 0.2) is 0 Å². The maximum absolute atomic E-state index is 13.7. The summed E-state index contributed by atoms with van der Waals surface area (Å²) in [6, 6.07) is 10.2. The summed E-state index contributed by atoms with van der Waals surface area (Å²) in [6.07, 6.45) is 2.90. The van der Waals surface area contributed by atoms with Crippen LogP contribution >= 0.6 is 22.9 Å². The SMILES string of the molecule is COc1cccc(-c2c(C(O)=C3CCC3)sc3cc(F)ccc23)c1Cl. The number of allylic oxidation sites excluding steroid dienone is 1. The second-order valence-corrected chi connectivity index (χ2v) is 7.50. The zero-order valence-corrected chi connectivity index (χ0v) is 15.2. The first-order valence-electron chi connectivity index (χ1n) is 8.06. The predicted molar refractivity (Wildman–Crippen MR) is 102 cm³/mol. The van der Waals surface area contributed by atoms with Gasteiger partial charge in [0.25, 0.3) is 0 Å². The number of methoxy groups -OCH3 is 1. The average molecular weight is 375 g/mol. The van der Waals surface area contributed by atoms with E-state index in [2.05, 4.69) is 0 Å². The lowest BCUT2D eigenvalue weighted by Crippen LogP contribution is -2.01. The van der Waals surface area contributed by atoms with Gasteiger partial charge in [-0.3, -0.25) is 0 Å². The summed E-state index contributed by atoms with van der Waals surface area (Å²) < 4.78 is 19.8. The van der Waals surface area contributed by atoms with Crippen molar-refractivity contribution in [1.29, 1.82) is 0 Å². The molecule has 0 radical (unpaired) electrons. The standard InChI is InChI=1S/C20H16ClFO2S/c1-24-15-7-3-6-14(18(15)21)17-13-9-8-12(22)10-16(13)25-20(17)19(23)11-4-2-5-11/h3,6-10,23H,2,4-5H2,1H3. The van der Waals surface area contributed by atoms with Crippen LogP contribution in [0.2, 0.25) is 5.02 Å². The molecule has 1 N–H and O–H groups in total. The van der Waals surface area contributed by atoms with Crippen molar-refractivity contribution in [2.45, 2.75) is 19.3 Å². The van der Waals surface area contributed by atoms with E-state index in [1.54, 1.807) is 19.2 Å². The van der Waals surface area contributed by atoms with Crippen molar-refractivity contribution in [3.63, 3.8) is 0 Å². The summed E-state index contributed by atoms with van der Waals surface area (Å²) in [5, 5.41) is 12.2. The first-order valence-corrected chi connectivity index (χ1v) is 9.26. The van der Waals surface area contributed by atoms with E-state index in [1.165, 1.54) is 23.5 Å². The highest BCUT2D eigenvalue weighted by molar-refractivity contribution is 7.20. The van der Waals surface area contributed by atoms with Gasteiger partial charge in [-0.2, -0.15) is 0 Å². The number of halogens is 2. The quantitative estimate of drug-likeness (QED) is 0.509. The van der Waals surface area contributed by atoms with Crippen molar-refractivity contribution < 1.29 is 14.2 Å². The highest BCUT2D eigenvalue weighted by atomic mass is 35.5. The van der Waals surface area contributed by atoms with E-state index in [4.69, 9.17) is 16.3 Å². The summed E-state index contributed by atoms with van der Waals surface area (Å²) in [5.74, 6) is 0.587. The predicted octanol–water partition coefficient (Wildman–Crippen LogP) is 6.82. The third-order valence-corrected chi connectivity index (χ3v) is 6.16. The molecule has 2 nitrogen and oxygen atoms in total. The molecule has 1 aromatic heterocycles. The van der Waals surface area contributed by atoms with Crippen molar-refractivity contribution >= 4 is 38.8 Å². The maximum atomic E-state index is 13.7. The van der Waals surface area contributed by atoms with E-state index in [9.17, 15) is 9.50 Å². The maximum Gasteiger partial charge on any atom is 0.138 e. The van der Waals surface area contributed by atoms with E-state index in [-0.39, 0.29) is 5.82 Å². The van der Waals surface area contributed by atoms with Gasteiger partial charge in [-0.05, 0) is 49.1 Å². The molecule has 128 valence electrons. The second-order valence-electron chi connectivity index (χ2n) is 6.07. The number of fused-ring (bicyclic) bond motifs is 1. The number of hydrogen-bond donors (Lipinski definition) is 1. The summed E-state index contributed by atoms with van der Waals surface area (Å²) in [6.45, 7) is 0. The summed E-state index contributed by atoms with van der Waals surface area (Å²) in [4.78, 5) is 0.741. The molecule has 0 amide bonds. The Kier molecular flexibility index (Phi) is 4.18. The normalized spacial score (nSPS) is 13.8. The van der Waals surface area contributed by atoms with Gasteiger partial charge >= 0.3 is 0 Å². The molecule has 25 heavy (non-hydrogen) atoms. The molecule has 5 heteroatoms. The number of thiophene rings is 1. The van der Waals surface area contributed by atoms with E-state index < -0.39 is 0 Å². The van der Waals surface area contributed by atoms with Crippen LogP contribution in [0.4, 0.5) is 4.39 Å². The zero-order chi connectivity index (χ0) is 17.6. The smallest absolute Gasteiger partial charge is 0.138 e. The fraction of sp³-hybridized carbons (Fsp3) is 0.200. The van der Waals surface area contributed by atoms with Crippen LogP contribution in [0.25, 0.3) is 27.0 Å². The highest BCUT2D eigenvalue weighted by Gasteiger charge is 2.24. The van der Waals surface area contributed by atoms with Crippen molar-refractivity contribution in [3.8, 4) is 16.9 Å². The van der Waals surface area contributed by atoms with Gasteiger partial charge in [-0.25, -0.2) is 4.39 Å². The summed E-state index contributed by atoms with van der Waals surface area (Å²) in [5.41, 5.74) is 2.66. The first kappa shape index (κ1) is 16.4. The number of rotatable bonds is 3. The summed E-state index contributed by atoms with van der Waals surface area (Å²) in [7, 11) is 1.57. The Morgan fingerprint density at radius 2 is 2.04 bits per heavy atom. The molecule has 0 aliphatic heterocycles.